The summed E-state index contributed by atoms with van der Waals surface area (Å²) >= 11 is 0. The summed E-state index contributed by atoms with van der Waals surface area (Å²) in [6, 6.07) is 0. The average Bonchev–Trinajstić information content (AvgIpc) is 3.11. The van der Waals surface area contributed by atoms with Gasteiger partial charge in [0.05, 0.1) is 26.4 Å². The second-order valence-corrected chi connectivity index (χ2v) is 11.4. The molecule has 294 valence electrons. The molecule has 0 aromatic carbocycles. The quantitative estimate of drug-likeness (QED) is 0.0489. The third-order valence-electron chi connectivity index (χ3n) is 7.92. The lowest BCUT2D eigenvalue weighted by atomic mass is 9.98. The summed E-state index contributed by atoms with van der Waals surface area (Å²) in [4.78, 5) is 21.5. The number of carbonyl (C=O) groups excluding carboxylic acids is 2. The first-order valence-electron chi connectivity index (χ1n) is 15.3. The summed E-state index contributed by atoms with van der Waals surface area (Å²) < 4.78 is 50.9. The monoisotopic (exact) mass is 738 g/mol. The van der Waals surface area contributed by atoms with E-state index in [0.29, 0.717) is 6.29 Å². The molecule has 3 aliphatic rings. The van der Waals surface area contributed by atoms with Crippen LogP contribution < -0.4 is 0 Å². The molecule has 3 fully saturated rings. The van der Waals surface area contributed by atoms with E-state index in [2.05, 4.69) is 4.74 Å². The van der Waals surface area contributed by atoms with Crippen LogP contribution in [0.25, 0.3) is 0 Å². The molecule has 22 heteroatoms. The van der Waals surface area contributed by atoms with Crippen LogP contribution >= 0.6 is 0 Å². The fraction of sp³-hybridized carbons (Fsp3) is 0.929. The first-order valence-corrected chi connectivity index (χ1v) is 15.3. The second-order valence-electron chi connectivity index (χ2n) is 11.4. The van der Waals surface area contributed by atoms with Crippen molar-refractivity contribution in [3.05, 3.63) is 0 Å². The van der Waals surface area contributed by atoms with Gasteiger partial charge in [0.25, 0.3) is 0 Å². The van der Waals surface area contributed by atoms with Gasteiger partial charge in [0.15, 0.2) is 31.4 Å². The van der Waals surface area contributed by atoms with Crippen molar-refractivity contribution in [1.82, 2.24) is 0 Å². The number of aliphatic hydroxyl groups is 10. The zero-order chi connectivity index (χ0) is 37.7. The number of ether oxygens (including phenoxy) is 10. The van der Waals surface area contributed by atoms with Gasteiger partial charge in [-0.2, -0.15) is 0 Å². The third-order valence-corrected chi connectivity index (χ3v) is 7.92. The minimum absolute atomic E-state index is 0.0377. The van der Waals surface area contributed by atoms with Gasteiger partial charge in [0.1, 0.15) is 85.5 Å². The molecule has 3 saturated heterocycles. The van der Waals surface area contributed by atoms with Gasteiger partial charge < -0.3 is 103 Å². The normalized spacial score (nSPS) is 41.0. The lowest BCUT2D eigenvalue weighted by Crippen LogP contribution is -2.61. The summed E-state index contributed by atoms with van der Waals surface area (Å²) in [5.74, 6) is 0. The van der Waals surface area contributed by atoms with Crippen LogP contribution in [0.4, 0.5) is 0 Å². The van der Waals surface area contributed by atoms with E-state index in [-0.39, 0.29) is 26.1 Å². The minimum Gasteiger partial charge on any atom is -0.387 e. The Morgan fingerprint density at radius 3 is 1.38 bits per heavy atom. The van der Waals surface area contributed by atoms with Gasteiger partial charge in [-0.1, -0.05) is 0 Å². The highest BCUT2D eigenvalue weighted by Gasteiger charge is 2.48. The van der Waals surface area contributed by atoms with Gasteiger partial charge >= 0.3 is 0 Å². The maximum atomic E-state index is 10.8. The number of rotatable bonds is 17. The lowest BCUT2D eigenvalue weighted by Gasteiger charge is -2.42. The molecular weight excluding hydrogens is 688 g/mol. The van der Waals surface area contributed by atoms with Crippen molar-refractivity contribution in [2.75, 3.05) is 54.9 Å². The van der Waals surface area contributed by atoms with Crippen molar-refractivity contribution in [2.24, 2.45) is 0 Å². The third kappa shape index (κ3) is 11.8. The van der Waals surface area contributed by atoms with Crippen LogP contribution in [0.15, 0.2) is 0 Å². The molecule has 0 radical (unpaired) electrons. The van der Waals surface area contributed by atoms with Crippen LogP contribution in [0, 0.1) is 0 Å². The van der Waals surface area contributed by atoms with E-state index in [9.17, 15) is 60.7 Å². The van der Waals surface area contributed by atoms with E-state index in [1.807, 2.05) is 0 Å². The van der Waals surface area contributed by atoms with E-state index in [0.717, 1.165) is 0 Å². The van der Waals surface area contributed by atoms with Crippen LogP contribution in [0.3, 0.4) is 0 Å². The van der Waals surface area contributed by atoms with Crippen molar-refractivity contribution in [2.45, 2.75) is 111 Å². The minimum atomic E-state index is -1.64. The fourth-order valence-corrected chi connectivity index (χ4v) is 4.96. The molecule has 9 unspecified atom stereocenters. The van der Waals surface area contributed by atoms with E-state index >= 15 is 0 Å². The number of hydrogen-bond acceptors (Lipinski definition) is 22. The van der Waals surface area contributed by atoms with Gasteiger partial charge in [-0.3, -0.25) is 4.79 Å². The Morgan fingerprint density at radius 1 is 0.560 bits per heavy atom. The largest absolute Gasteiger partial charge is 0.387 e. The van der Waals surface area contributed by atoms with Crippen molar-refractivity contribution < 1.29 is 108 Å². The lowest BCUT2D eigenvalue weighted by molar-refractivity contribution is -0.328. The molecule has 0 spiro atoms. The first kappa shape index (κ1) is 44.7. The molecule has 50 heavy (non-hydrogen) atoms. The summed E-state index contributed by atoms with van der Waals surface area (Å²) in [7, 11) is 5.19. The SMILES string of the molecule is COCC1O[C@@H](OCC(OC(C=O)OC)C(O)C=O)C(O)[C@@H](O)[C@@H]1O.COCC1O[C@@H](OCC2O[C@@H](OC)C(O)[C@@H](O)[C@@H]2O)C(O)[C@@H](O)[C@@H]1O. The fourth-order valence-electron chi connectivity index (χ4n) is 4.96. The Hall–Kier alpha value is -1.46. The molecule has 0 bridgehead atoms. The molecule has 3 heterocycles. The van der Waals surface area contributed by atoms with Gasteiger partial charge in [0.2, 0.25) is 6.29 Å². The Kier molecular flexibility index (Phi) is 19.6. The van der Waals surface area contributed by atoms with Crippen molar-refractivity contribution in [3.8, 4) is 0 Å². The molecule has 0 amide bonds. The molecule has 3 rings (SSSR count). The Labute approximate surface area is 286 Å². The predicted octanol–water partition coefficient (Wildman–Crippen LogP) is -7.52. The van der Waals surface area contributed by atoms with Gasteiger partial charge in [0, 0.05) is 28.4 Å². The number of hydrogen-bond donors (Lipinski definition) is 10. The Bertz CT molecular complexity index is 962. The van der Waals surface area contributed by atoms with Gasteiger partial charge in [-0.05, 0) is 0 Å². The standard InChI is InChI=1S/C14H26O11.C14H24O11/c1-21-3-5-7(15)10(18)12(20)14(25-5)23-4-6-8(16)9(17)11(19)13(22-2)24-6;1-21-5-9-11(18)12(19)13(20)14(25-9)23-6-8(7(17)3-15)24-10(4-16)22-2/h5-20H,3-4H2,1-2H3;3-4,7-14,17-20H,5-6H2,1-2H3/t5?,6?,7-,8-,9+,10+,11?,12?,13-,14-;7?,8?,9?,10?,11-,12+,13?,14-/m11/s1. The topological polar surface area (TPSA) is 329 Å². The van der Waals surface area contributed by atoms with Crippen LogP contribution in [0.1, 0.15) is 0 Å². The number of carbonyl (C=O) groups is 2. The van der Waals surface area contributed by atoms with E-state index in [1.54, 1.807) is 0 Å². The van der Waals surface area contributed by atoms with E-state index in [1.165, 1.54) is 28.4 Å². The van der Waals surface area contributed by atoms with E-state index in [4.69, 9.17) is 42.6 Å². The number of aldehydes is 2. The predicted molar refractivity (Wildman–Crippen MR) is 157 cm³/mol. The molecule has 0 aromatic heterocycles. The van der Waals surface area contributed by atoms with Crippen molar-refractivity contribution in [1.29, 1.82) is 0 Å². The zero-order valence-electron chi connectivity index (χ0n) is 27.7. The highest BCUT2D eigenvalue weighted by atomic mass is 16.7. The maximum absolute atomic E-state index is 10.8. The first-order chi connectivity index (χ1) is 23.7. The highest BCUT2D eigenvalue weighted by Crippen LogP contribution is 2.26. The highest BCUT2D eigenvalue weighted by molar-refractivity contribution is 5.57. The second kappa shape index (κ2) is 21.9. The number of methoxy groups -OCH3 is 4. The van der Waals surface area contributed by atoms with Crippen LogP contribution in [0.2, 0.25) is 0 Å². The summed E-state index contributed by atoms with van der Waals surface area (Å²) in [5.41, 5.74) is 0. The van der Waals surface area contributed by atoms with Crippen LogP contribution in [-0.4, -0.2) is 229 Å². The average molecular weight is 739 g/mol. The molecule has 0 aromatic rings. The van der Waals surface area contributed by atoms with Crippen LogP contribution in [0.5, 0.6) is 0 Å². The smallest absolute Gasteiger partial charge is 0.214 e. The van der Waals surface area contributed by atoms with E-state index < -0.39 is 117 Å². The van der Waals surface area contributed by atoms with Crippen molar-refractivity contribution in [3.63, 3.8) is 0 Å². The summed E-state index contributed by atoms with van der Waals surface area (Å²) in [6.45, 7) is -0.921. The summed E-state index contributed by atoms with van der Waals surface area (Å²) in [5, 5.41) is 98.3. The maximum Gasteiger partial charge on any atom is 0.214 e. The molecular formula is C28H50O22. The molecule has 0 saturated carbocycles. The van der Waals surface area contributed by atoms with Gasteiger partial charge in [-0.25, -0.2) is 0 Å². The van der Waals surface area contributed by atoms with Crippen molar-refractivity contribution >= 4 is 12.6 Å². The molecule has 22 nitrogen and oxygen atoms in total. The molecule has 3 aliphatic heterocycles. The Morgan fingerprint density at radius 2 is 0.980 bits per heavy atom. The molecule has 0 aliphatic carbocycles. The molecule has 18 atom stereocenters. The van der Waals surface area contributed by atoms with Crippen LogP contribution in [-0.2, 0) is 57.0 Å². The Balaban J connectivity index is 0.000000347. The number of aliphatic hydroxyl groups excluding tert-OH is 10. The molecule has 10 N–H and O–H groups in total. The summed E-state index contributed by atoms with van der Waals surface area (Å²) in [6.07, 6.45) is -24.0. The van der Waals surface area contributed by atoms with Gasteiger partial charge in [-0.15, -0.1) is 0 Å². The zero-order valence-corrected chi connectivity index (χ0v) is 27.7.